The van der Waals surface area contributed by atoms with Gasteiger partial charge in [-0.2, -0.15) is 5.10 Å². The molecule has 2 N–H and O–H groups in total. The fraction of sp³-hybridized carbons (Fsp3) is 0.450. The van der Waals surface area contributed by atoms with Crippen LogP contribution in [0.1, 0.15) is 36.0 Å². The lowest BCUT2D eigenvalue weighted by molar-refractivity contribution is -0.126. The van der Waals surface area contributed by atoms with Crippen LogP contribution in [0.2, 0.25) is 0 Å². The van der Waals surface area contributed by atoms with Crippen LogP contribution < -0.4 is 10.6 Å². The third-order valence-corrected chi connectivity index (χ3v) is 5.58. The molecule has 2 aliphatic heterocycles. The van der Waals surface area contributed by atoms with Gasteiger partial charge in [0.2, 0.25) is 0 Å². The number of amides is 2. The summed E-state index contributed by atoms with van der Waals surface area (Å²) in [6.07, 6.45) is 7.07. The average Bonchev–Trinajstić information content (AvgIpc) is 3.43. The zero-order valence-electron chi connectivity index (χ0n) is 15.8. The number of hydrogen-bond acceptors (Lipinski definition) is 4. The molecule has 0 atom stereocenters. The number of carbonyl (C=O) groups excluding carboxylic acids is 2. The largest absolute Gasteiger partial charge is 0.339 e. The summed E-state index contributed by atoms with van der Waals surface area (Å²) >= 11 is 0. The molecule has 1 aromatic carbocycles. The lowest BCUT2D eigenvalue weighted by Gasteiger charge is -2.36. The molecule has 150 valence electrons. The van der Waals surface area contributed by atoms with Crippen LogP contribution in [0.5, 0.6) is 0 Å². The normalized spacial score (nSPS) is 18.4. The predicted molar refractivity (Wildman–Crippen MR) is 110 cm³/mol. The molecular weight excluding hydrogens is 378 g/mol. The number of nitrogens with one attached hydrogen (secondary N) is 2. The second-order valence-electron chi connectivity index (χ2n) is 7.26. The number of anilines is 1. The molecular formula is C20H26ClN5O2. The zero-order chi connectivity index (χ0) is 18.7. The van der Waals surface area contributed by atoms with Gasteiger partial charge in [-0.05, 0) is 69.1 Å². The maximum absolute atomic E-state index is 13.1. The third-order valence-electron chi connectivity index (χ3n) is 5.58. The molecule has 0 aliphatic carbocycles. The standard InChI is InChI=1S/C20H25N5O2.ClH/c26-18(24-13-1-2-14-24)16-4-6-17(7-5-16)23-19(27)20(8-11-21-12-9-20)25-15-3-10-22-25;/h3-7,10,15,21H,1-2,8-9,11-14H2,(H,23,27);1H. The first-order valence-electron chi connectivity index (χ1n) is 9.61. The van der Waals surface area contributed by atoms with Crippen molar-refractivity contribution >= 4 is 29.9 Å². The molecule has 2 aliphatic rings. The Morgan fingerprint density at radius 3 is 2.36 bits per heavy atom. The number of carbonyl (C=O) groups is 2. The number of likely N-dealkylation sites (tertiary alicyclic amines) is 1. The van der Waals surface area contributed by atoms with Crippen LogP contribution in [-0.4, -0.2) is 52.7 Å². The molecule has 4 rings (SSSR count). The van der Waals surface area contributed by atoms with E-state index in [9.17, 15) is 9.59 Å². The van der Waals surface area contributed by atoms with Crippen molar-refractivity contribution in [3.63, 3.8) is 0 Å². The summed E-state index contributed by atoms with van der Waals surface area (Å²) < 4.78 is 1.77. The fourth-order valence-electron chi connectivity index (χ4n) is 3.97. The van der Waals surface area contributed by atoms with Crippen molar-refractivity contribution in [2.45, 2.75) is 31.2 Å². The minimum atomic E-state index is -0.682. The first-order chi connectivity index (χ1) is 13.2. The van der Waals surface area contributed by atoms with Crippen molar-refractivity contribution in [1.82, 2.24) is 20.0 Å². The van der Waals surface area contributed by atoms with Crippen LogP contribution in [0.15, 0.2) is 42.7 Å². The lowest BCUT2D eigenvalue weighted by atomic mass is 9.87. The Morgan fingerprint density at radius 2 is 1.75 bits per heavy atom. The molecule has 2 fully saturated rings. The molecule has 3 heterocycles. The van der Waals surface area contributed by atoms with E-state index in [2.05, 4.69) is 15.7 Å². The van der Waals surface area contributed by atoms with Gasteiger partial charge >= 0.3 is 0 Å². The Hall–Kier alpha value is -2.38. The van der Waals surface area contributed by atoms with Gasteiger partial charge in [0, 0.05) is 36.7 Å². The minimum absolute atomic E-state index is 0. The fourth-order valence-corrected chi connectivity index (χ4v) is 3.97. The topological polar surface area (TPSA) is 79.3 Å². The van der Waals surface area contributed by atoms with E-state index in [1.165, 1.54) is 0 Å². The first-order valence-corrected chi connectivity index (χ1v) is 9.61. The Bertz CT molecular complexity index is 795. The molecule has 28 heavy (non-hydrogen) atoms. The maximum atomic E-state index is 13.1. The van der Waals surface area contributed by atoms with Crippen molar-refractivity contribution in [3.05, 3.63) is 48.3 Å². The van der Waals surface area contributed by atoms with Crippen LogP contribution in [0, 0.1) is 0 Å². The van der Waals surface area contributed by atoms with Gasteiger partial charge in [0.25, 0.3) is 11.8 Å². The van der Waals surface area contributed by atoms with E-state index in [0.717, 1.165) is 39.0 Å². The number of benzene rings is 1. The molecule has 8 heteroatoms. The van der Waals surface area contributed by atoms with Crippen LogP contribution in [0.3, 0.4) is 0 Å². The quantitative estimate of drug-likeness (QED) is 0.820. The summed E-state index contributed by atoms with van der Waals surface area (Å²) in [5.41, 5.74) is 0.681. The molecule has 2 aromatic rings. The minimum Gasteiger partial charge on any atom is -0.339 e. The van der Waals surface area contributed by atoms with E-state index in [-0.39, 0.29) is 24.2 Å². The average molecular weight is 404 g/mol. The number of hydrogen-bond donors (Lipinski definition) is 2. The van der Waals surface area contributed by atoms with E-state index in [1.807, 2.05) is 17.2 Å². The molecule has 0 spiro atoms. The van der Waals surface area contributed by atoms with Crippen LogP contribution in [0.4, 0.5) is 5.69 Å². The number of halogens is 1. The van der Waals surface area contributed by atoms with E-state index < -0.39 is 5.54 Å². The second kappa shape index (κ2) is 8.75. The number of rotatable bonds is 4. The molecule has 1 aromatic heterocycles. The summed E-state index contributed by atoms with van der Waals surface area (Å²) in [7, 11) is 0. The Kier molecular flexibility index (Phi) is 6.36. The zero-order valence-corrected chi connectivity index (χ0v) is 16.6. The SMILES string of the molecule is Cl.O=C(c1ccc(NC(=O)C2(n3cccn3)CCNCC2)cc1)N1CCCC1. The van der Waals surface area contributed by atoms with Crippen LogP contribution in [0.25, 0.3) is 0 Å². The van der Waals surface area contributed by atoms with Gasteiger partial charge in [0.1, 0.15) is 5.54 Å². The Labute approximate surface area is 170 Å². The Balaban J connectivity index is 0.00000225. The third kappa shape index (κ3) is 3.91. The van der Waals surface area contributed by atoms with Crippen LogP contribution in [-0.2, 0) is 10.3 Å². The molecule has 0 radical (unpaired) electrons. The van der Waals surface area contributed by atoms with Crippen molar-refractivity contribution < 1.29 is 9.59 Å². The van der Waals surface area contributed by atoms with E-state index in [1.54, 1.807) is 35.1 Å². The highest BCUT2D eigenvalue weighted by Gasteiger charge is 2.42. The van der Waals surface area contributed by atoms with E-state index in [4.69, 9.17) is 0 Å². The van der Waals surface area contributed by atoms with E-state index in [0.29, 0.717) is 24.1 Å². The monoisotopic (exact) mass is 403 g/mol. The highest BCUT2D eigenvalue weighted by atomic mass is 35.5. The molecule has 0 bridgehead atoms. The van der Waals surface area contributed by atoms with Gasteiger partial charge < -0.3 is 15.5 Å². The number of nitrogens with zero attached hydrogens (tertiary/aromatic N) is 3. The van der Waals surface area contributed by atoms with Gasteiger partial charge in [-0.25, -0.2) is 0 Å². The summed E-state index contributed by atoms with van der Waals surface area (Å²) in [6, 6.07) is 9.03. The Morgan fingerprint density at radius 1 is 1.07 bits per heavy atom. The van der Waals surface area contributed by atoms with Crippen molar-refractivity contribution in [2.75, 3.05) is 31.5 Å². The summed E-state index contributed by atoms with van der Waals surface area (Å²) in [5.74, 6) is 0.00284. The first kappa shape index (κ1) is 20.4. The summed E-state index contributed by atoms with van der Waals surface area (Å²) in [6.45, 7) is 3.21. The number of piperidine rings is 1. The molecule has 2 saturated heterocycles. The molecule has 0 unspecified atom stereocenters. The van der Waals surface area contributed by atoms with Crippen molar-refractivity contribution in [1.29, 1.82) is 0 Å². The second-order valence-corrected chi connectivity index (χ2v) is 7.26. The van der Waals surface area contributed by atoms with Gasteiger partial charge in [-0.15, -0.1) is 12.4 Å². The van der Waals surface area contributed by atoms with Gasteiger partial charge in [0.05, 0.1) is 0 Å². The summed E-state index contributed by atoms with van der Waals surface area (Å²) in [5, 5.41) is 10.7. The lowest BCUT2D eigenvalue weighted by Crippen LogP contribution is -2.52. The van der Waals surface area contributed by atoms with Gasteiger partial charge in [0.15, 0.2) is 0 Å². The van der Waals surface area contributed by atoms with Crippen molar-refractivity contribution in [3.8, 4) is 0 Å². The smallest absolute Gasteiger partial charge is 0.253 e. The van der Waals surface area contributed by atoms with Gasteiger partial charge in [-0.1, -0.05) is 0 Å². The number of aromatic nitrogens is 2. The molecule has 0 saturated carbocycles. The van der Waals surface area contributed by atoms with E-state index >= 15 is 0 Å². The maximum Gasteiger partial charge on any atom is 0.253 e. The highest BCUT2D eigenvalue weighted by Crippen LogP contribution is 2.29. The molecule has 2 amide bonds. The summed E-state index contributed by atoms with van der Waals surface area (Å²) in [4.78, 5) is 27.5. The van der Waals surface area contributed by atoms with Gasteiger partial charge in [-0.3, -0.25) is 14.3 Å². The van der Waals surface area contributed by atoms with Crippen molar-refractivity contribution in [2.24, 2.45) is 0 Å². The molecule has 7 nitrogen and oxygen atoms in total. The van der Waals surface area contributed by atoms with Crippen LogP contribution >= 0.6 is 12.4 Å². The highest BCUT2D eigenvalue weighted by molar-refractivity contribution is 5.98. The predicted octanol–water partition coefficient (Wildman–Crippen LogP) is 2.26.